The van der Waals surface area contributed by atoms with E-state index in [1.807, 2.05) is 7.05 Å². The van der Waals surface area contributed by atoms with Crippen LogP contribution in [0.4, 0.5) is 5.95 Å². The topological polar surface area (TPSA) is 95.0 Å². The number of likely N-dealkylation sites (N-methyl/N-ethyl adjacent to an activating group) is 2. The van der Waals surface area contributed by atoms with Gasteiger partial charge in [-0.1, -0.05) is 0 Å². The Morgan fingerprint density at radius 3 is 2.03 bits per heavy atom. The van der Waals surface area contributed by atoms with E-state index in [2.05, 4.69) is 38.7 Å². The lowest BCUT2D eigenvalue weighted by atomic mass is 10.2. The number of aryl methyl sites for hydroxylation is 2. The molecule has 172 valence electrons. The number of aromatic nitrogens is 4. The van der Waals surface area contributed by atoms with Crippen LogP contribution in [-0.4, -0.2) is 118 Å². The molecule has 11 heteroatoms. The second-order valence-corrected chi connectivity index (χ2v) is 8.95. The summed E-state index contributed by atoms with van der Waals surface area (Å²) in [6, 6.07) is 0. The molecule has 0 unspecified atom stereocenters. The Bertz CT molecular complexity index is 1040. The first kappa shape index (κ1) is 22.0. The first-order valence-corrected chi connectivity index (χ1v) is 10.9. The molecule has 2 saturated heterocycles. The zero-order valence-corrected chi connectivity index (χ0v) is 19.0. The molecular weight excluding hydrogens is 400 g/mol. The van der Waals surface area contributed by atoms with Gasteiger partial charge in [0.2, 0.25) is 5.95 Å². The number of aliphatic hydroxyl groups excluding tert-OH is 1. The van der Waals surface area contributed by atoms with Gasteiger partial charge in [0.1, 0.15) is 0 Å². The molecule has 0 radical (unpaired) electrons. The molecule has 0 aromatic carbocycles. The molecule has 1 N–H and O–H groups in total. The molecule has 2 aromatic rings. The molecule has 2 aromatic heterocycles. The highest BCUT2D eigenvalue weighted by Gasteiger charge is 2.25. The first-order valence-electron chi connectivity index (χ1n) is 10.9. The van der Waals surface area contributed by atoms with Crippen molar-refractivity contribution < 1.29 is 5.11 Å². The van der Waals surface area contributed by atoms with Crippen LogP contribution in [0.3, 0.4) is 0 Å². The normalized spacial score (nSPS) is 20.6. The predicted octanol–water partition coefficient (Wildman–Crippen LogP) is -2.21. The van der Waals surface area contributed by atoms with Crippen LogP contribution >= 0.6 is 0 Å². The summed E-state index contributed by atoms with van der Waals surface area (Å²) in [5.41, 5.74) is -0.0667. The molecule has 11 nitrogen and oxygen atoms in total. The maximum atomic E-state index is 13.3. The number of β-amino-alcohol motifs (C(OH)–C–C–N with tert-alkyl or cyclic N) is 1. The van der Waals surface area contributed by atoms with Crippen LogP contribution in [0.1, 0.15) is 0 Å². The van der Waals surface area contributed by atoms with E-state index < -0.39 is 17.4 Å². The monoisotopic (exact) mass is 434 g/mol. The zero-order valence-electron chi connectivity index (χ0n) is 19.0. The van der Waals surface area contributed by atoms with Gasteiger partial charge in [0, 0.05) is 73.0 Å². The van der Waals surface area contributed by atoms with E-state index in [0.717, 1.165) is 56.9 Å². The minimum Gasteiger partial charge on any atom is -0.390 e. The maximum absolute atomic E-state index is 13.3. The standard InChI is InChI=1S/C20H34N8O3/c1-22-5-9-26(10-6-22)13-15(29)14-28-18(30)16-17(25(4)20(28)31)21-19(24(16)3)27-11-7-23(2)8-12-27/h15,29H,5-14H2,1-4H3/t15-/m0/s1. The highest BCUT2D eigenvalue weighted by Crippen LogP contribution is 2.19. The molecule has 0 saturated carbocycles. The van der Waals surface area contributed by atoms with E-state index in [1.54, 1.807) is 11.6 Å². The third-order valence-corrected chi connectivity index (χ3v) is 6.58. The van der Waals surface area contributed by atoms with Crippen LogP contribution in [0, 0.1) is 0 Å². The molecule has 4 rings (SSSR count). The largest absolute Gasteiger partial charge is 0.390 e. The molecule has 0 bridgehead atoms. The summed E-state index contributed by atoms with van der Waals surface area (Å²) < 4.78 is 4.35. The number of fused-ring (bicyclic) bond motifs is 1. The van der Waals surface area contributed by atoms with E-state index in [0.29, 0.717) is 23.7 Å². The van der Waals surface area contributed by atoms with Crippen LogP contribution in [0.5, 0.6) is 0 Å². The van der Waals surface area contributed by atoms with Gasteiger partial charge >= 0.3 is 5.69 Å². The van der Waals surface area contributed by atoms with Crippen LogP contribution in [0.15, 0.2) is 9.59 Å². The van der Waals surface area contributed by atoms with Gasteiger partial charge in [-0.15, -0.1) is 0 Å². The van der Waals surface area contributed by atoms with Crippen molar-refractivity contribution in [2.45, 2.75) is 12.6 Å². The van der Waals surface area contributed by atoms with Gasteiger partial charge in [-0.3, -0.25) is 18.8 Å². The third-order valence-electron chi connectivity index (χ3n) is 6.58. The van der Waals surface area contributed by atoms with E-state index in [-0.39, 0.29) is 6.54 Å². The minimum atomic E-state index is -0.795. The number of anilines is 1. The first-order chi connectivity index (χ1) is 14.8. The molecule has 0 amide bonds. The number of hydrogen-bond acceptors (Lipinski definition) is 8. The number of nitrogens with zero attached hydrogens (tertiary/aromatic N) is 8. The zero-order chi connectivity index (χ0) is 22.3. The summed E-state index contributed by atoms with van der Waals surface area (Å²) >= 11 is 0. The van der Waals surface area contributed by atoms with Crippen molar-refractivity contribution in [2.75, 3.05) is 77.9 Å². The minimum absolute atomic E-state index is 0.0250. The SMILES string of the molecule is CN1CCN(C[C@H](O)Cn2c(=O)c3c(nc(N4CCN(C)CC4)n3C)n(C)c2=O)CC1. The Morgan fingerprint density at radius 1 is 0.839 bits per heavy atom. The van der Waals surface area contributed by atoms with E-state index >= 15 is 0 Å². The Hall–Kier alpha value is -2.21. The Morgan fingerprint density at radius 2 is 1.42 bits per heavy atom. The van der Waals surface area contributed by atoms with Crippen molar-refractivity contribution in [2.24, 2.45) is 14.1 Å². The van der Waals surface area contributed by atoms with Crippen LogP contribution in [0.25, 0.3) is 11.2 Å². The summed E-state index contributed by atoms with van der Waals surface area (Å²) in [5.74, 6) is 0.700. The molecule has 2 fully saturated rings. The quantitative estimate of drug-likeness (QED) is 0.566. The fourth-order valence-corrected chi connectivity index (χ4v) is 4.48. The lowest BCUT2D eigenvalue weighted by Gasteiger charge is -2.33. The Balaban J connectivity index is 1.61. The molecule has 0 spiro atoms. The number of piperazine rings is 2. The van der Waals surface area contributed by atoms with E-state index in [1.165, 1.54) is 4.57 Å². The average molecular weight is 435 g/mol. The Kier molecular flexibility index (Phi) is 6.20. The summed E-state index contributed by atoms with van der Waals surface area (Å²) in [6.07, 6.45) is -0.795. The van der Waals surface area contributed by atoms with Crippen LogP contribution < -0.4 is 16.1 Å². The highest BCUT2D eigenvalue weighted by molar-refractivity contribution is 5.74. The third kappa shape index (κ3) is 4.27. The van der Waals surface area contributed by atoms with Crippen molar-refractivity contribution in [3.05, 3.63) is 20.8 Å². The molecular formula is C20H34N8O3. The number of hydrogen-bond donors (Lipinski definition) is 1. The Labute approximate surface area is 181 Å². The lowest BCUT2D eigenvalue weighted by molar-refractivity contribution is 0.0696. The van der Waals surface area contributed by atoms with Crippen molar-refractivity contribution in [3.8, 4) is 0 Å². The van der Waals surface area contributed by atoms with Crippen molar-refractivity contribution in [1.29, 1.82) is 0 Å². The summed E-state index contributed by atoms with van der Waals surface area (Å²) in [4.78, 5) is 39.7. The number of aliphatic hydroxyl groups is 1. The van der Waals surface area contributed by atoms with Gasteiger partial charge in [-0.25, -0.2) is 4.79 Å². The maximum Gasteiger partial charge on any atom is 0.332 e. The van der Waals surface area contributed by atoms with Gasteiger partial charge < -0.3 is 24.4 Å². The molecule has 1 atom stereocenters. The highest BCUT2D eigenvalue weighted by atomic mass is 16.3. The van der Waals surface area contributed by atoms with E-state index in [4.69, 9.17) is 0 Å². The molecule has 2 aliphatic heterocycles. The summed E-state index contributed by atoms with van der Waals surface area (Å²) in [6.45, 7) is 7.54. The molecule has 2 aliphatic rings. The number of imidazole rings is 1. The fourth-order valence-electron chi connectivity index (χ4n) is 4.48. The molecule has 4 heterocycles. The summed E-state index contributed by atoms with van der Waals surface area (Å²) in [7, 11) is 7.62. The van der Waals surface area contributed by atoms with Gasteiger partial charge in [0.15, 0.2) is 11.2 Å². The fraction of sp³-hybridized carbons (Fsp3) is 0.750. The average Bonchev–Trinajstić information content (AvgIpc) is 3.09. The molecule has 0 aliphatic carbocycles. The van der Waals surface area contributed by atoms with E-state index in [9.17, 15) is 14.7 Å². The van der Waals surface area contributed by atoms with Gasteiger partial charge in [0.05, 0.1) is 12.6 Å². The molecule has 31 heavy (non-hydrogen) atoms. The van der Waals surface area contributed by atoms with Crippen LogP contribution in [0.2, 0.25) is 0 Å². The van der Waals surface area contributed by atoms with Crippen molar-refractivity contribution in [3.63, 3.8) is 0 Å². The van der Waals surface area contributed by atoms with Gasteiger partial charge in [-0.2, -0.15) is 4.98 Å². The van der Waals surface area contributed by atoms with Crippen LogP contribution in [-0.2, 0) is 20.6 Å². The van der Waals surface area contributed by atoms with Gasteiger partial charge in [0.25, 0.3) is 5.56 Å². The van der Waals surface area contributed by atoms with Crippen molar-refractivity contribution in [1.82, 2.24) is 33.4 Å². The van der Waals surface area contributed by atoms with Crippen molar-refractivity contribution >= 4 is 17.1 Å². The van der Waals surface area contributed by atoms with Gasteiger partial charge in [-0.05, 0) is 14.1 Å². The lowest BCUT2D eigenvalue weighted by Crippen LogP contribution is -2.49. The second kappa shape index (κ2) is 8.73. The number of rotatable bonds is 5. The smallest absolute Gasteiger partial charge is 0.332 e. The predicted molar refractivity (Wildman–Crippen MR) is 120 cm³/mol. The second-order valence-electron chi connectivity index (χ2n) is 8.95. The summed E-state index contributed by atoms with van der Waals surface area (Å²) in [5, 5.41) is 10.6.